The standard InChI is InChI=1S/C23H16BrCl2NO3/c24-15-8-5-13(6-9-15)21-20(23(29)30)17-3-1-2-4-18(17)22(28)27(21)12-14-7-10-16(25)11-19(14)26/h1-11,20-21H,12H2,(H,29,30). The van der Waals surface area contributed by atoms with Crippen molar-refractivity contribution in [1.29, 1.82) is 0 Å². The Morgan fingerprint density at radius 1 is 1.03 bits per heavy atom. The number of carboxylic acids is 1. The SMILES string of the molecule is O=C(O)C1c2ccccc2C(=O)N(Cc2ccc(Cl)cc2Cl)C1c1ccc(Br)cc1. The third kappa shape index (κ3) is 3.85. The summed E-state index contributed by atoms with van der Waals surface area (Å²) in [6.45, 7) is 0.160. The third-order valence-electron chi connectivity index (χ3n) is 5.27. The molecule has 1 aliphatic rings. The number of carboxylic acid groups (broad SMARTS) is 1. The molecule has 0 bridgehead atoms. The first kappa shape index (κ1) is 20.9. The van der Waals surface area contributed by atoms with E-state index in [1.165, 1.54) is 0 Å². The number of amides is 1. The molecule has 152 valence electrons. The van der Waals surface area contributed by atoms with Gasteiger partial charge < -0.3 is 10.0 Å². The second kappa shape index (κ2) is 8.42. The Morgan fingerprint density at radius 2 is 1.73 bits per heavy atom. The van der Waals surface area contributed by atoms with Crippen LogP contribution in [0.2, 0.25) is 10.0 Å². The van der Waals surface area contributed by atoms with Crippen LogP contribution in [-0.2, 0) is 11.3 Å². The smallest absolute Gasteiger partial charge is 0.313 e. The predicted molar refractivity (Wildman–Crippen MR) is 120 cm³/mol. The number of hydrogen-bond donors (Lipinski definition) is 1. The maximum atomic E-state index is 13.5. The summed E-state index contributed by atoms with van der Waals surface area (Å²) >= 11 is 15.8. The van der Waals surface area contributed by atoms with Gasteiger partial charge in [0.25, 0.3) is 5.91 Å². The lowest BCUT2D eigenvalue weighted by Crippen LogP contribution is -2.44. The Balaban J connectivity index is 1.88. The number of nitrogens with zero attached hydrogens (tertiary/aromatic N) is 1. The Labute approximate surface area is 192 Å². The molecule has 7 heteroatoms. The zero-order valence-electron chi connectivity index (χ0n) is 15.6. The number of fused-ring (bicyclic) bond motifs is 1. The first-order chi connectivity index (χ1) is 14.4. The van der Waals surface area contributed by atoms with Gasteiger partial charge in [-0.2, -0.15) is 0 Å². The molecular formula is C23H16BrCl2NO3. The zero-order valence-corrected chi connectivity index (χ0v) is 18.7. The number of halogens is 3. The topological polar surface area (TPSA) is 57.6 Å². The lowest BCUT2D eigenvalue weighted by Gasteiger charge is -2.41. The summed E-state index contributed by atoms with van der Waals surface area (Å²) < 4.78 is 0.868. The number of carbonyl (C=O) groups is 2. The summed E-state index contributed by atoms with van der Waals surface area (Å²) in [5, 5.41) is 11.1. The molecule has 1 aliphatic heterocycles. The van der Waals surface area contributed by atoms with E-state index in [-0.39, 0.29) is 12.5 Å². The van der Waals surface area contributed by atoms with Gasteiger partial charge in [-0.1, -0.05) is 75.5 Å². The molecule has 4 rings (SSSR count). The van der Waals surface area contributed by atoms with Crippen LogP contribution in [0.15, 0.2) is 71.2 Å². The molecule has 4 nitrogen and oxygen atoms in total. The summed E-state index contributed by atoms with van der Waals surface area (Å²) in [5.74, 6) is -2.14. The van der Waals surface area contributed by atoms with Gasteiger partial charge in [-0.25, -0.2) is 0 Å². The van der Waals surface area contributed by atoms with E-state index in [0.29, 0.717) is 26.7 Å². The van der Waals surface area contributed by atoms with Crippen molar-refractivity contribution in [3.05, 3.63) is 104 Å². The number of carbonyl (C=O) groups excluding carboxylic acids is 1. The highest BCUT2D eigenvalue weighted by molar-refractivity contribution is 9.10. The first-order valence-corrected chi connectivity index (χ1v) is 10.7. The molecular weight excluding hydrogens is 489 g/mol. The molecule has 2 unspecified atom stereocenters. The summed E-state index contributed by atoms with van der Waals surface area (Å²) in [7, 11) is 0. The molecule has 2 atom stereocenters. The van der Waals surface area contributed by atoms with Crippen LogP contribution in [0, 0.1) is 0 Å². The molecule has 3 aromatic carbocycles. The average molecular weight is 505 g/mol. The fourth-order valence-electron chi connectivity index (χ4n) is 3.90. The minimum absolute atomic E-state index is 0.160. The van der Waals surface area contributed by atoms with Crippen molar-refractivity contribution < 1.29 is 14.7 Å². The Morgan fingerprint density at radius 3 is 2.40 bits per heavy atom. The molecule has 0 spiro atoms. The molecule has 0 aromatic heterocycles. The number of benzene rings is 3. The molecule has 0 saturated heterocycles. The van der Waals surface area contributed by atoms with E-state index < -0.39 is 17.9 Å². The molecule has 1 heterocycles. The van der Waals surface area contributed by atoms with Crippen LogP contribution >= 0.6 is 39.1 Å². The van der Waals surface area contributed by atoms with Gasteiger partial charge in [0, 0.05) is 26.6 Å². The summed E-state index contributed by atoms with van der Waals surface area (Å²) in [4.78, 5) is 27.4. The van der Waals surface area contributed by atoms with Crippen molar-refractivity contribution >= 4 is 51.0 Å². The van der Waals surface area contributed by atoms with Crippen LogP contribution in [0.25, 0.3) is 0 Å². The Bertz CT molecular complexity index is 1130. The molecule has 0 fully saturated rings. The van der Waals surface area contributed by atoms with Crippen molar-refractivity contribution in [2.24, 2.45) is 0 Å². The maximum Gasteiger partial charge on any atom is 0.313 e. The normalized spacial score (nSPS) is 18.2. The molecule has 0 saturated carbocycles. The van der Waals surface area contributed by atoms with Gasteiger partial charge in [0.1, 0.15) is 5.92 Å². The Hall–Kier alpha value is -2.34. The minimum Gasteiger partial charge on any atom is -0.481 e. The third-order valence-corrected chi connectivity index (χ3v) is 6.39. The monoisotopic (exact) mass is 503 g/mol. The van der Waals surface area contributed by atoms with E-state index in [9.17, 15) is 14.7 Å². The molecule has 1 N–H and O–H groups in total. The van der Waals surface area contributed by atoms with Gasteiger partial charge in [0.15, 0.2) is 0 Å². The van der Waals surface area contributed by atoms with Crippen LogP contribution in [0.4, 0.5) is 0 Å². The van der Waals surface area contributed by atoms with E-state index in [1.54, 1.807) is 47.4 Å². The molecule has 30 heavy (non-hydrogen) atoms. The predicted octanol–water partition coefficient (Wildman–Crippen LogP) is 6.32. The quantitative estimate of drug-likeness (QED) is 0.452. The van der Waals surface area contributed by atoms with Gasteiger partial charge in [-0.15, -0.1) is 0 Å². The van der Waals surface area contributed by atoms with Crippen LogP contribution in [0.1, 0.15) is 39.0 Å². The summed E-state index contributed by atoms with van der Waals surface area (Å²) in [6.07, 6.45) is 0. The highest BCUT2D eigenvalue weighted by Crippen LogP contribution is 2.44. The maximum absolute atomic E-state index is 13.5. The number of hydrogen-bond acceptors (Lipinski definition) is 2. The summed E-state index contributed by atoms with van der Waals surface area (Å²) in [5.41, 5.74) is 2.34. The van der Waals surface area contributed by atoms with Crippen LogP contribution in [-0.4, -0.2) is 21.9 Å². The average Bonchev–Trinajstić information content (AvgIpc) is 2.72. The summed E-state index contributed by atoms with van der Waals surface area (Å²) in [6, 6.07) is 18.6. The zero-order chi connectivity index (χ0) is 21.4. The second-order valence-corrected chi connectivity index (χ2v) is 8.83. The highest BCUT2D eigenvalue weighted by atomic mass is 79.9. The van der Waals surface area contributed by atoms with E-state index in [1.807, 2.05) is 24.3 Å². The molecule has 0 aliphatic carbocycles. The van der Waals surface area contributed by atoms with E-state index in [0.717, 1.165) is 10.0 Å². The van der Waals surface area contributed by atoms with Crippen molar-refractivity contribution in [1.82, 2.24) is 4.90 Å². The van der Waals surface area contributed by atoms with Gasteiger partial charge in [0.2, 0.25) is 0 Å². The van der Waals surface area contributed by atoms with Crippen LogP contribution in [0.3, 0.4) is 0 Å². The lowest BCUT2D eigenvalue weighted by atomic mass is 9.79. The first-order valence-electron chi connectivity index (χ1n) is 9.19. The lowest BCUT2D eigenvalue weighted by molar-refractivity contribution is -0.140. The number of rotatable bonds is 4. The number of aliphatic carboxylic acids is 1. The molecule has 1 amide bonds. The van der Waals surface area contributed by atoms with Crippen molar-refractivity contribution in [3.8, 4) is 0 Å². The van der Waals surface area contributed by atoms with Gasteiger partial charge >= 0.3 is 5.97 Å². The Kier molecular flexibility index (Phi) is 5.87. The van der Waals surface area contributed by atoms with E-state index in [4.69, 9.17) is 23.2 Å². The van der Waals surface area contributed by atoms with Crippen molar-refractivity contribution in [3.63, 3.8) is 0 Å². The highest BCUT2D eigenvalue weighted by Gasteiger charge is 2.44. The van der Waals surface area contributed by atoms with Gasteiger partial charge in [-0.05, 0) is 47.0 Å². The van der Waals surface area contributed by atoms with Crippen LogP contribution < -0.4 is 0 Å². The molecule has 3 aromatic rings. The fourth-order valence-corrected chi connectivity index (χ4v) is 4.63. The van der Waals surface area contributed by atoms with E-state index in [2.05, 4.69) is 15.9 Å². The fraction of sp³-hybridized carbons (Fsp3) is 0.130. The van der Waals surface area contributed by atoms with Crippen molar-refractivity contribution in [2.45, 2.75) is 18.5 Å². The van der Waals surface area contributed by atoms with Crippen LogP contribution in [0.5, 0.6) is 0 Å². The second-order valence-electron chi connectivity index (χ2n) is 7.07. The van der Waals surface area contributed by atoms with Crippen molar-refractivity contribution in [2.75, 3.05) is 0 Å². The molecule has 0 radical (unpaired) electrons. The van der Waals surface area contributed by atoms with Gasteiger partial charge in [-0.3, -0.25) is 9.59 Å². The minimum atomic E-state index is -0.991. The largest absolute Gasteiger partial charge is 0.481 e. The van der Waals surface area contributed by atoms with Gasteiger partial charge in [0.05, 0.1) is 6.04 Å². The van der Waals surface area contributed by atoms with E-state index >= 15 is 0 Å².